The Bertz CT molecular complexity index is 890. The zero-order valence-corrected chi connectivity index (χ0v) is 14.7. The molecule has 5 nitrogen and oxygen atoms in total. The summed E-state index contributed by atoms with van der Waals surface area (Å²) in [6.45, 7) is 0.522. The quantitative estimate of drug-likeness (QED) is 0.375. The van der Waals surface area contributed by atoms with E-state index in [1.165, 1.54) is 0 Å². The third-order valence-corrected chi connectivity index (χ3v) is 4.12. The Morgan fingerprint density at radius 2 is 2.04 bits per heavy atom. The maximum atomic E-state index is 6.24. The Balaban J connectivity index is 1.87. The van der Waals surface area contributed by atoms with E-state index in [4.69, 9.17) is 26.8 Å². The van der Waals surface area contributed by atoms with Crippen molar-refractivity contribution in [3.63, 3.8) is 0 Å². The minimum Gasteiger partial charge on any atom is -0.491 e. The molecule has 0 unspecified atom stereocenters. The highest BCUT2D eigenvalue weighted by atomic mass is 35.5. The average molecular weight is 358 g/mol. The van der Waals surface area contributed by atoms with Gasteiger partial charge >= 0.3 is 0 Å². The number of nitrogens with zero attached hydrogens (tertiary/aromatic N) is 1. The first kappa shape index (κ1) is 17.2. The van der Waals surface area contributed by atoms with Gasteiger partial charge in [0, 0.05) is 16.8 Å². The summed E-state index contributed by atoms with van der Waals surface area (Å²) in [5.41, 5.74) is 9.47. The largest absolute Gasteiger partial charge is 0.491 e. The van der Waals surface area contributed by atoms with E-state index in [1.807, 2.05) is 48.6 Å². The fourth-order valence-corrected chi connectivity index (χ4v) is 2.69. The zero-order valence-electron chi connectivity index (χ0n) is 14.0. The fraction of sp³-hybridized carbons (Fsp3) is 0.211. The summed E-state index contributed by atoms with van der Waals surface area (Å²) >= 11 is 5.68. The number of para-hydroxylation sites is 1. The zero-order chi connectivity index (χ0) is 17.6. The minimum absolute atomic E-state index is 0.522. The van der Waals surface area contributed by atoms with E-state index in [9.17, 15) is 0 Å². The van der Waals surface area contributed by atoms with Crippen molar-refractivity contribution in [2.24, 2.45) is 0 Å². The van der Waals surface area contributed by atoms with Gasteiger partial charge in [-0.15, -0.1) is 11.6 Å². The van der Waals surface area contributed by atoms with E-state index in [1.54, 1.807) is 7.11 Å². The number of nitrogens with two attached hydrogens (primary N) is 1. The lowest BCUT2D eigenvalue weighted by Gasteiger charge is -2.14. The van der Waals surface area contributed by atoms with Crippen molar-refractivity contribution < 1.29 is 9.47 Å². The Morgan fingerprint density at radius 1 is 1.20 bits per heavy atom. The van der Waals surface area contributed by atoms with Gasteiger partial charge in [0.15, 0.2) is 11.5 Å². The van der Waals surface area contributed by atoms with Gasteiger partial charge in [0.25, 0.3) is 0 Å². The number of ether oxygens (including phenoxy) is 2. The number of alkyl halides is 1. The van der Waals surface area contributed by atoms with Crippen molar-refractivity contribution in [3.8, 4) is 11.5 Å². The predicted molar refractivity (Wildman–Crippen MR) is 103 cm³/mol. The number of nitrogen functional groups attached to an aromatic ring is 1. The fourth-order valence-electron chi connectivity index (χ4n) is 2.58. The Kier molecular flexibility index (Phi) is 5.46. The van der Waals surface area contributed by atoms with Crippen LogP contribution >= 0.6 is 11.6 Å². The van der Waals surface area contributed by atoms with Crippen LogP contribution in [0.4, 0.5) is 5.69 Å². The molecule has 1 aromatic heterocycles. The Labute approximate surface area is 151 Å². The molecule has 3 N–H and O–H groups in total. The van der Waals surface area contributed by atoms with Gasteiger partial charge in [0.1, 0.15) is 0 Å². The van der Waals surface area contributed by atoms with Crippen LogP contribution in [0.15, 0.2) is 36.4 Å². The maximum absolute atomic E-state index is 6.24. The molecule has 0 bridgehead atoms. The van der Waals surface area contributed by atoms with Gasteiger partial charge in [-0.2, -0.15) is 5.10 Å². The Morgan fingerprint density at radius 3 is 2.84 bits per heavy atom. The van der Waals surface area contributed by atoms with Crippen LogP contribution in [0.1, 0.15) is 17.7 Å². The van der Waals surface area contributed by atoms with Gasteiger partial charge in [-0.1, -0.05) is 24.3 Å². The number of aromatic amines is 1. The maximum Gasteiger partial charge on any atom is 0.184 e. The van der Waals surface area contributed by atoms with Crippen LogP contribution in [0.5, 0.6) is 11.5 Å². The van der Waals surface area contributed by atoms with Gasteiger partial charge in [0.05, 0.1) is 30.6 Å². The number of hydrogen-bond donors (Lipinski definition) is 2. The highest BCUT2D eigenvalue weighted by molar-refractivity contribution is 6.17. The smallest absolute Gasteiger partial charge is 0.184 e. The number of fused-ring (bicyclic) bond motifs is 1. The number of benzene rings is 2. The van der Waals surface area contributed by atoms with E-state index in [2.05, 4.69) is 10.2 Å². The van der Waals surface area contributed by atoms with E-state index in [0.29, 0.717) is 29.7 Å². The van der Waals surface area contributed by atoms with Crippen LogP contribution in [-0.4, -0.2) is 29.8 Å². The SMILES string of the molecule is COc1c(OCCCCl)ccc(C=Cc2n[nH]c3ccccc23)c1N. The van der Waals surface area contributed by atoms with Crippen LogP contribution in [-0.2, 0) is 0 Å². The van der Waals surface area contributed by atoms with E-state index >= 15 is 0 Å². The van der Waals surface area contributed by atoms with Crippen molar-refractivity contribution in [3.05, 3.63) is 47.7 Å². The second-order valence-electron chi connectivity index (χ2n) is 5.48. The molecule has 3 aromatic rings. The van der Waals surface area contributed by atoms with E-state index in [-0.39, 0.29) is 0 Å². The molecule has 0 amide bonds. The first-order valence-electron chi connectivity index (χ1n) is 8.01. The first-order valence-corrected chi connectivity index (χ1v) is 8.54. The van der Waals surface area contributed by atoms with Gasteiger partial charge in [-0.05, 0) is 30.7 Å². The summed E-state index contributed by atoms with van der Waals surface area (Å²) in [5.74, 6) is 1.70. The number of aromatic nitrogens is 2. The second-order valence-corrected chi connectivity index (χ2v) is 5.86. The lowest BCUT2D eigenvalue weighted by Crippen LogP contribution is -2.03. The average Bonchev–Trinajstić information content (AvgIpc) is 3.05. The number of methoxy groups -OCH3 is 1. The highest BCUT2D eigenvalue weighted by Crippen LogP contribution is 2.36. The monoisotopic (exact) mass is 357 g/mol. The number of H-pyrrole nitrogens is 1. The van der Waals surface area contributed by atoms with Crippen LogP contribution in [0, 0.1) is 0 Å². The van der Waals surface area contributed by atoms with Crippen molar-refractivity contribution in [2.75, 3.05) is 25.3 Å². The first-order chi connectivity index (χ1) is 12.2. The molecule has 25 heavy (non-hydrogen) atoms. The lowest BCUT2D eigenvalue weighted by atomic mass is 10.1. The third kappa shape index (κ3) is 3.72. The molecule has 1 heterocycles. The predicted octanol–water partition coefficient (Wildman–Crippen LogP) is 4.33. The van der Waals surface area contributed by atoms with Crippen molar-refractivity contribution in [1.82, 2.24) is 10.2 Å². The molecule has 0 saturated heterocycles. The second kappa shape index (κ2) is 7.94. The normalized spacial score (nSPS) is 11.3. The minimum atomic E-state index is 0.522. The van der Waals surface area contributed by atoms with Gasteiger partial charge < -0.3 is 15.2 Å². The molecular formula is C19H20ClN3O2. The van der Waals surface area contributed by atoms with Crippen LogP contribution in [0.3, 0.4) is 0 Å². The van der Waals surface area contributed by atoms with E-state index < -0.39 is 0 Å². The molecule has 0 aliphatic rings. The standard InChI is InChI=1S/C19H20ClN3O2/c1-24-19-17(25-12-4-11-20)10-8-13(18(19)21)7-9-16-14-5-2-3-6-15(14)22-23-16/h2-3,5-10H,4,11-12,21H2,1H3,(H,22,23). The van der Waals surface area contributed by atoms with E-state index in [0.717, 1.165) is 28.6 Å². The molecular weight excluding hydrogens is 338 g/mol. The molecule has 0 radical (unpaired) electrons. The summed E-state index contributed by atoms with van der Waals surface area (Å²) in [5, 5.41) is 8.40. The summed E-state index contributed by atoms with van der Waals surface area (Å²) in [6.07, 6.45) is 4.61. The number of halogens is 1. The molecule has 0 aliphatic carbocycles. The molecule has 0 fully saturated rings. The number of nitrogens with one attached hydrogen (secondary N) is 1. The van der Waals surface area contributed by atoms with Crippen LogP contribution < -0.4 is 15.2 Å². The summed E-state index contributed by atoms with van der Waals surface area (Å²) in [7, 11) is 1.58. The lowest BCUT2D eigenvalue weighted by molar-refractivity contribution is 0.296. The highest BCUT2D eigenvalue weighted by Gasteiger charge is 2.11. The number of anilines is 1. The third-order valence-electron chi connectivity index (χ3n) is 3.85. The number of rotatable bonds is 7. The molecule has 2 aromatic carbocycles. The number of hydrogen-bond acceptors (Lipinski definition) is 4. The summed E-state index contributed by atoms with van der Waals surface area (Å²) in [6, 6.07) is 11.7. The van der Waals surface area contributed by atoms with Crippen LogP contribution in [0.25, 0.3) is 23.1 Å². The molecule has 130 valence electrons. The van der Waals surface area contributed by atoms with Crippen LogP contribution in [0.2, 0.25) is 0 Å². The van der Waals surface area contributed by atoms with Crippen molar-refractivity contribution in [1.29, 1.82) is 0 Å². The van der Waals surface area contributed by atoms with Gasteiger partial charge in [-0.25, -0.2) is 0 Å². The molecule has 0 spiro atoms. The molecule has 3 rings (SSSR count). The molecule has 0 aliphatic heterocycles. The summed E-state index contributed by atoms with van der Waals surface area (Å²) in [4.78, 5) is 0. The van der Waals surface area contributed by atoms with Crippen molar-refractivity contribution >= 4 is 40.3 Å². The Hall–Kier alpha value is -2.66. The topological polar surface area (TPSA) is 73.2 Å². The molecule has 6 heteroatoms. The summed E-state index contributed by atoms with van der Waals surface area (Å²) < 4.78 is 11.1. The molecule has 0 atom stereocenters. The van der Waals surface area contributed by atoms with Gasteiger partial charge in [-0.3, -0.25) is 5.10 Å². The molecule has 0 saturated carbocycles. The van der Waals surface area contributed by atoms with Crippen molar-refractivity contribution in [2.45, 2.75) is 6.42 Å². The van der Waals surface area contributed by atoms with Gasteiger partial charge in [0.2, 0.25) is 0 Å².